The van der Waals surface area contributed by atoms with Crippen LogP contribution in [0.1, 0.15) is 33.1 Å². The predicted octanol–water partition coefficient (Wildman–Crippen LogP) is 2.23. The predicted molar refractivity (Wildman–Crippen MR) is 90.8 cm³/mol. The first-order chi connectivity index (χ1) is 11.3. The second-order valence-electron chi connectivity index (χ2n) is 6.78. The molecule has 2 amide bonds. The third-order valence-corrected chi connectivity index (χ3v) is 6.12. The van der Waals surface area contributed by atoms with Crippen molar-refractivity contribution in [3.8, 4) is 0 Å². The summed E-state index contributed by atoms with van der Waals surface area (Å²) >= 11 is 1.41. The number of para-hydroxylation sites is 1. The minimum absolute atomic E-state index is 0.0477. The molecular weight excluding hydrogens is 328 g/mol. The van der Waals surface area contributed by atoms with E-state index in [1.54, 1.807) is 18.7 Å². The Morgan fingerprint density at radius 2 is 2.08 bits per heavy atom. The minimum atomic E-state index is -0.936. The van der Waals surface area contributed by atoms with Crippen molar-refractivity contribution >= 4 is 35.2 Å². The van der Waals surface area contributed by atoms with E-state index in [1.165, 1.54) is 11.8 Å². The SMILES string of the molecule is CC(C)(CCNC(=O)C12CCC(=O)N1c1ccccc1S2)C(=O)O. The van der Waals surface area contributed by atoms with Crippen molar-refractivity contribution in [1.82, 2.24) is 5.32 Å². The Balaban J connectivity index is 1.75. The molecule has 1 fully saturated rings. The first-order valence-corrected chi connectivity index (χ1v) is 8.72. The third-order valence-electron chi connectivity index (χ3n) is 4.64. The molecule has 1 unspecified atom stereocenters. The molecule has 0 spiro atoms. The summed E-state index contributed by atoms with van der Waals surface area (Å²) in [5, 5.41) is 12.0. The lowest BCUT2D eigenvalue weighted by Gasteiger charge is -2.30. The van der Waals surface area contributed by atoms with Gasteiger partial charge in [-0.1, -0.05) is 23.9 Å². The monoisotopic (exact) mass is 348 g/mol. The van der Waals surface area contributed by atoms with Crippen molar-refractivity contribution in [2.75, 3.05) is 11.4 Å². The summed E-state index contributed by atoms with van der Waals surface area (Å²) in [5.74, 6) is -1.17. The zero-order chi connectivity index (χ0) is 17.5. The zero-order valence-corrected chi connectivity index (χ0v) is 14.5. The fraction of sp³-hybridized carbons (Fsp3) is 0.471. The normalized spacial score (nSPS) is 22.2. The summed E-state index contributed by atoms with van der Waals surface area (Å²) in [6, 6.07) is 7.51. The molecule has 3 rings (SSSR count). The molecule has 2 heterocycles. The van der Waals surface area contributed by atoms with Crippen molar-refractivity contribution in [1.29, 1.82) is 0 Å². The smallest absolute Gasteiger partial charge is 0.309 e. The lowest BCUT2D eigenvalue weighted by Crippen LogP contribution is -2.52. The van der Waals surface area contributed by atoms with Gasteiger partial charge in [-0.2, -0.15) is 0 Å². The second-order valence-corrected chi connectivity index (χ2v) is 8.10. The van der Waals surface area contributed by atoms with Gasteiger partial charge in [-0.05, 0) is 38.8 Å². The largest absolute Gasteiger partial charge is 0.481 e. The molecule has 128 valence electrons. The number of rotatable bonds is 5. The Bertz CT molecular complexity index is 718. The van der Waals surface area contributed by atoms with Crippen LogP contribution in [-0.2, 0) is 14.4 Å². The highest BCUT2D eigenvalue weighted by molar-refractivity contribution is 8.02. The van der Waals surface area contributed by atoms with Crippen molar-refractivity contribution in [2.45, 2.75) is 42.9 Å². The molecule has 2 aliphatic heterocycles. The molecule has 0 aliphatic carbocycles. The van der Waals surface area contributed by atoms with E-state index < -0.39 is 16.3 Å². The van der Waals surface area contributed by atoms with Crippen molar-refractivity contribution in [3.63, 3.8) is 0 Å². The summed E-state index contributed by atoms with van der Waals surface area (Å²) in [6.45, 7) is 3.52. The number of thioether (sulfide) groups is 1. The number of carboxylic acids is 1. The van der Waals surface area contributed by atoms with Crippen LogP contribution in [0.4, 0.5) is 5.69 Å². The van der Waals surface area contributed by atoms with Crippen LogP contribution < -0.4 is 10.2 Å². The maximum absolute atomic E-state index is 12.8. The molecule has 0 saturated carbocycles. The Morgan fingerprint density at radius 3 is 2.79 bits per heavy atom. The molecule has 2 N–H and O–H groups in total. The van der Waals surface area contributed by atoms with Crippen LogP contribution in [0.3, 0.4) is 0 Å². The first-order valence-electron chi connectivity index (χ1n) is 7.91. The summed E-state index contributed by atoms with van der Waals surface area (Å²) in [7, 11) is 0. The van der Waals surface area contributed by atoms with Crippen molar-refractivity contribution in [2.24, 2.45) is 5.41 Å². The number of anilines is 1. The Kier molecular flexibility index (Phi) is 4.07. The van der Waals surface area contributed by atoms with Gasteiger partial charge in [0, 0.05) is 17.9 Å². The van der Waals surface area contributed by atoms with Crippen molar-refractivity contribution < 1.29 is 19.5 Å². The molecule has 7 heteroatoms. The minimum Gasteiger partial charge on any atom is -0.481 e. The van der Waals surface area contributed by atoms with Crippen LogP contribution in [0.5, 0.6) is 0 Å². The van der Waals surface area contributed by atoms with Crippen LogP contribution in [0.25, 0.3) is 0 Å². The quantitative estimate of drug-likeness (QED) is 0.852. The van der Waals surface area contributed by atoms with Gasteiger partial charge in [0.25, 0.3) is 5.91 Å². The average molecular weight is 348 g/mol. The number of fused-ring (bicyclic) bond motifs is 3. The van der Waals surface area contributed by atoms with Gasteiger partial charge in [0.2, 0.25) is 5.91 Å². The highest BCUT2D eigenvalue weighted by atomic mass is 32.2. The topological polar surface area (TPSA) is 86.7 Å². The molecular formula is C17H20N2O4S. The number of nitrogens with one attached hydrogen (secondary N) is 1. The summed E-state index contributed by atoms with van der Waals surface area (Å²) in [5.41, 5.74) is -0.118. The van der Waals surface area contributed by atoms with E-state index in [1.807, 2.05) is 24.3 Å². The molecule has 2 aliphatic rings. The van der Waals surface area contributed by atoms with Crippen LogP contribution >= 0.6 is 11.8 Å². The van der Waals surface area contributed by atoms with E-state index in [9.17, 15) is 14.4 Å². The fourth-order valence-electron chi connectivity index (χ4n) is 3.03. The molecule has 0 aromatic heterocycles. The molecule has 24 heavy (non-hydrogen) atoms. The highest BCUT2D eigenvalue weighted by Crippen LogP contribution is 2.55. The van der Waals surface area contributed by atoms with Crippen molar-refractivity contribution in [3.05, 3.63) is 24.3 Å². The Hall–Kier alpha value is -2.02. The lowest BCUT2D eigenvalue weighted by molar-refractivity contribution is -0.147. The number of amides is 2. The standard InChI is InChI=1S/C17H20N2O4S/c1-16(2,15(22)23)9-10-18-14(21)17-8-7-13(20)19(17)11-5-3-4-6-12(11)24-17/h3-6H,7-10H2,1-2H3,(H,18,21)(H,22,23). The van der Waals surface area contributed by atoms with Crippen LogP contribution in [0, 0.1) is 5.41 Å². The molecule has 0 bridgehead atoms. The van der Waals surface area contributed by atoms with Gasteiger partial charge in [-0.25, -0.2) is 0 Å². The average Bonchev–Trinajstić information content (AvgIpc) is 3.03. The van der Waals surface area contributed by atoms with E-state index in [0.29, 0.717) is 19.3 Å². The van der Waals surface area contributed by atoms with Gasteiger partial charge < -0.3 is 10.4 Å². The number of nitrogens with zero attached hydrogens (tertiary/aromatic N) is 1. The van der Waals surface area contributed by atoms with E-state index in [4.69, 9.17) is 5.11 Å². The number of aliphatic carboxylic acids is 1. The van der Waals surface area contributed by atoms with Gasteiger partial charge in [0.05, 0.1) is 11.1 Å². The van der Waals surface area contributed by atoms with E-state index >= 15 is 0 Å². The molecule has 1 aromatic rings. The fourth-order valence-corrected chi connectivity index (χ4v) is 4.47. The maximum Gasteiger partial charge on any atom is 0.309 e. The number of carboxylic acid groups (broad SMARTS) is 1. The first kappa shape index (κ1) is 16.8. The van der Waals surface area contributed by atoms with Gasteiger partial charge in [-0.15, -0.1) is 0 Å². The van der Waals surface area contributed by atoms with Gasteiger partial charge in [0.15, 0.2) is 4.87 Å². The van der Waals surface area contributed by atoms with Gasteiger partial charge >= 0.3 is 5.97 Å². The molecule has 1 saturated heterocycles. The third kappa shape index (κ3) is 2.56. The van der Waals surface area contributed by atoms with Crippen LogP contribution in [-0.4, -0.2) is 34.3 Å². The van der Waals surface area contributed by atoms with Crippen LogP contribution in [0.15, 0.2) is 29.2 Å². The molecule has 6 nitrogen and oxygen atoms in total. The second kappa shape index (κ2) is 5.81. The summed E-state index contributed by atoms with van der Waals surface area (Å²) < 4.78 is 0. The molecule has 1 atom stereocenters. The highest BCUT2D eigenvalue weighted by Gasteiger charge is 2.57. The summed E-state index contributed by atoms with van der Waals surface area (Å²) in [4.78, 5) is 37.9. The Morgan fingerprint density at radius 1 is 1.38 bits per heavy atom. The number of hydrogen-bond donors (Lipinski definition) is 2. The number of carbonyl (C=O) groups excluding carboxylic acids is 2. The van der Waals surface area contributed by atoms with E-state index in [0.717, 1.165) is 10.6 Å². The van der Waals surface area contributed by atoms with Gasteiger partial charge in [-0.3, -0.25) is 19.3 Å². The number of benzene rings is 1. The Labute approximate surface area is 144 Å². The zero-order valence-electron chi connectivity index (χ0n) is 13.7. The van der Waals surface area contributed by atoms with Gasteiger partial charge in [0.1, 0.15) is 0 Å². The van der Waals surface area contributed by atoms with Crippen LogP contribution in [0.2, 0.25) is 0 Å². The molecule has 0 radical (unpaired) electrons. The maximum atomic E-state index is 12.8. The number of carbonyl (C=O) groups is 3. The summed E-state index contributed by atoms with van der Waals surface area (Å²) in [6.07, 6.45) is 1.13. The number of hydrogen-bond acceptors (Lipinski definition) is 4. The molecule has 1 aromatic carbocycles. The lowest BCUT2D eigenvalue weighted by atomic mass is 9.89. The van der Waals surface area contributed by atoms with E-state index in [2.05, 4.69) is 5.32 Å². The van der Waals surface area contributed by atoms with E-state index in [-0.39, 0.29) is 18.4 Å².